The van der Waals surface area contributed by atoms with Crippen molar-refractivity contribution < 1.29 is 14.3 Å². The standard InChI is InChI=1S/C11H14FNO2/c1-11(2,15)7-13-10(14)8-3-5-9(12)6-4-8/h3-6,15H,7H2,1-2H3,(H,13,14). The number of nitrogens with one attached hydrogen (secondary N) is 1. The highest BCUT2D eigenvalue weighted by Gasteiger charge is 2.14. The molecule has 3 nitrogen and oxygen atoms in total. The van der Waals surface area contributed by atoms with Gasteiger partial charge in [-0.15, -0.1) is 0 Å². The van der Waals surface area contributed by atoms with Gasteiger partial charge in [0.2, 0.25) is 0 Å². The Hall–Kier alpha value is -1.42. The molecule has 1 aromatic carbocycles. The van der Waals surface area contributed by atoms with E-state index in [0.717, 1.165) is 0 Å². The van der Waals surface area contributed by atoms with Crippen LogP contribution >= 0.6 is 0 Å². The van der Waals surface area contributed by atoms with E-state index in [-0.39, 0.29) is 18.3 Å². The van der Waals surface area contributed by atoms with E-state index in [1.165, 1.54) is 24.3 Å². The van der Waals surface area contributed by atoms with E-state index in [1.54, 1.807) is 13.8 Å². The average Bonchev–Trinajstić information content (AvgIpc) is 2.14. The van der Waals surface area contributed by atoms with E-state index in [9.17, 15) is 14.3 Å². The zero-order chi connectivity index (χ0) is 11.5. The lowest BCUT2D eigenvalue weighted by atomic mass is 10.1. The fraction of sp³-hybridized carbons (Fsp3) is 0.364. The van der Waals surface area contributed by atoms with Gasteiger partial charge >= 0.3 is 0 Å². The second-order valence-electron chi connectivity index (χ2n) is 4.00. The largest absolute Gasteiger partial charge is 0.389 e. The van der Waals surface area contributed by atoms with Crippen LogP contribution in [0.15, 0.2) is 24.3 Å². The molecule has 4 heteroatoms. The summed E-state index contributed by atoms with van der Waals surface area (Å²) in [5.74, 6) is -0.703. The van der Waals surface area contributed by atoms with Crippen LogP contribution in [-0.4, -0.2) is 23.2 Å². The second kappa shape index (κ2) is 4.40. The maximum Gasteiger partial charge on any atom is 0.251 e. The van der Waals surface area contributed by atoms with Crippen molar-refractivity contribution in [1.29, 1.82) is 0 Å². The van der Waals surface area contributed by atoms with Crippen molar-refractivity contribution >= 4 is 5.91 Å². The molecule has 0 aliphatic rings. The normalized spacial score (nSPS) is 11.2. The number of hydrogen-bond acceptors (Lipinski definition) is 2. The van der Waals surface area contributed by atoms with Crippen molar-refractivity contribution in [3.05, 3.63) is 35.6 Å². The summed E-state index contributed by atoms with van der Waals surface area (Å²) in [5, 5.41) is 11.9. The quantitative estimate of drug-likeness (QED) is 0.792. The Morgan fingerprint density at radius 2 is 1.93 bits per heavy atom. The van der Waals surface area contributed by atoms with Crippen LogP contribution in [0.3, 0.4) is 0 Å². The van der Waals surface area contributed by atoms with Crippen LogP contribution in [0, 0.1) is 5.82 Å². The predicted molar refractivity (Wildman–Crippen MR) is 55.0 cm³/mol. The van der Waals surface area contributed by atoms with Crippen molar-refractivity contribution in [1.82, 2.24) is 5.32 Å². The van der Waals surface area contributed by atoms with Crippen molar-refractivity contribution in [3.8, 4) is 0 Å². The van der Waals surface area contributed by atoms with Gasteiger partial charge in [0.1, 0.15) is 5.82 Å². The van der Waals surface area contributed by atoms with Gasteiger partial charge in [0.25, 0.3) is 5.91 Å². The molecule has 0 aliphatic carbocycles. The minimum absolute atomic E-state index is 0.156. The molecule has 82 valence electrons. The number of aliphatic hydroxyl groups is 1. The molecule has 0 aromatic heterocycles. The summed E-state index contributed by atoms with van der Waals surface area (Å²) in [5.41, 5.74) is -0.573. The van der Waals surface area contributed by atoms with Gasteiger partial charge in [0.15, 0.2) is 0 Å². The van der Waals surface area contributed by atoms with E-state index in [1.807, 2.05) is 0 Å². The number of benzene rings is 1. The van der Waals surface area contributed by atoms with Crippen LogP contribution < -0.4 is 5.32 Å². The number of halogens is 1. The van der Waals surface area contributed by atoms with Crippen molar-refractivity contribution in [2.24, 2.45) is 0 Å². The second-order valence-corrected chi connectivity index (χ2v) is 4.00. The van der Waals surface area contributed by atoms with Crippen LogP contribution in [0.25, 0.3) is 0 Å². The van der Waals surface area contributed by atoms with E-state index in [0.29, 0.717) is 5.56 Å². The number of carbonyl (C=O) groups excluding carboxylic acids is 1. The number of rotatable bonds is 3. The highest BCUT2D eigenvalue weighted by molar-refractivity contribution is 5.94. The number of hydrogen-bond donors (Lipinski definition) is 2. The van der Waals surface area contributed by atoms with Gasteiger partial charge in [-0.05, 0) is 38.1 Å². The first-order valence-electron chi connectivity index (χ1n) is 4.65. The van der Waals surface area contributed by atoms with E-state index in [2.05, 4.69) is 5.32 Å². The Morgan fingerprint density at radius 3 is 2.40 bits per heavy atom. The maximum absolute atomic E-state index is 12.6. The Kier molecular flexibility index (Phi) is 3.42. The molecule has 0 saturated carbocycles. The monoisotopic (exact) mass is 211 g/mol. The van der Waals surface area contributed by atoms with Crippen LogP contribution in [-0.2, 0) is 0 Å². The molecule has 0 heterocycles. The van der Waals surface area contributed by atoms with Crippen LogP contribution in [0.1, 0.15) is 24.2 Å². The lowest BCUT2D eigenvalue weighted by molar-refractivity contribution is 0.0694. The first kappa shape index (κ1) is 11.7. The third-order valence-corrected chi connectivity index (χ3v) is 1.79. The molecule has 0 saturated heterocycles. The smallest absolute Gasteiger partial charge is 0.251 e. The molecular weight excluding hydrogens is 197 g/mol. The van der Waals surface area contributed by atoms with E-state index >= 15 is 0 Å². The summed E-state index contributed by atoms with van der Waals surface area (Å²) in [7, 11) is 0. The highest BCUT2D eigenvalue weighted by atomic mass is 19.1. The highest BCUT2D eigenvalue weighted by Crippen LogP contribution is 2.03. The predicted octanol–water partition coefficient (Wildman–Crippen LogP) is 1.33. The third-order valence-electron chi connectivity index (χ3n) is 1.79. The van der Waals surface area contributed by atoms with Gasteiger partial charge in [-0.1, -0.05) is 0 Å². The molecule has 0 bridgehead atoms. The zero-order valence-electron chi connectivity index (χ0n) is 8.75. The summed E-state index contributed by atoms with van der Waals surface area (Å²) >= 11 is 0. The van der Waals surface area contributed by atoms with Crippen molar-refractivity contribution in [3.63, 3.8) is 0 Å². The maximum atomic E-state index is 12.6. The summed E-state index contributed by atoms with van der Waals surface area (Å²) < 4.78 is 12.6. The summed E-state index contributed by atoms with van der Waals surface area (Å²) in [4.78, 5) is 11.5. The summed E-state index contributed by atoms with van der Waals surface area (Å²) in [6, 6.07) is 5.24. The SMILES string of the molecule is CC(C)(O)CNC(=O)c1ccc(F)cc1. The molecule has 0 unspecified atom stereocenters. The summed E-state index contributed by atoms with van der Waals surface area (Å²) in [6.45, 7) is 3.35. The Labute approximate surface area is 87.9 Å². The van der Waals surface area contributed by atoms with Gasteiger partial charge < -0.3 is 10.4 Å². The van der Waals surface area contributed by atoms with Gasteiger partial charge in [-0.3, -0.25) is 4.79 Å². The topological polar surface area (TPSA) is 49.3 Å². The minimum atomic E-state index is -0.949. The summed E-state index contributed by atoms with van der Waals surface area (Å²) in [6.07, 6.45) is 0. The van der Waals surface area contributed by atoms with Gasteiger partial charge in [-0.25, -0.2) is 4.39 Å². The van der Waals surface area contributed by atoms with Gasteiger partial charge in [0.05, 0.1) is 5.60 Å². The molecule has 2 N–H and O–H groups in total. The molecule has 1 aromatic rings. The Bertz CT molecular complexity index is 341. The first-order valence-corrected chi connectivity index (χ1v) is 4.65. The van der Waals surface area contributed by atoms with Gasteiger partial charge in [0, 0.05) is 12.1 Å². The van der Waals surface area contributed by atoms with E-state index in [4.69, 9.17) is 0 Å². The molecule has 0 aliphatic heterocycles. The molecule has 1 rings (SSSR count). The van der Waals surface area contributed by atoms with Crippen molar-refractivity contribution in [2.45, 2.75) is 19.4 Å². The molecule has 0 spiro atoms. The molecule has 0 radical (unpaired) electrons. The van der Waals surface area contributed by atoms with E-state index < -0.39 is 5.60 Å². The van der Waals surface area contributed by atoms with Crippen LogP contribution in [0.5, 0.6) is 0 Å². The Balaban J connectivity index is 2.58. The first-order chi connectivity index (χ1) is 6.88. The van der Waals surface area contributed by atoms with Gasteiger partial charge in [-0.2, -0.15) is 0 Å². The lowest BCUT2D eigenvalue weighted by Gasteiger charge is -2.17. The molecule has 0 fully saturated rings. The third kappa shape index (κ3) is 4.08. The fourth-order valence-corrected chi connectivity index (χ4v) is 1.000. The number of carbonyl (C=O) groups is 1. The molecular formula is C11H14FNO2. The van der Waals surface area contributed by atoms with Crippen LogP contribution in [0.2, 0.25) is 0 Å². The zero-order valence-corrected chi connectivity index (χ0v) is 8.75. The molecule has 0 atom stereocenters. The van der Waals surface area contributed by atoms with Crippen LogP contribution in [0.4, 0.5) is 4.39 Å². The van der Waals surface area contributed by atoms with Crippen molar-refractivity contribution in [2.75, 3.05) is 6.54 Å². The lowest BCUT2D eigenvalue weighted by Crippen LogP contribution is -2.38. The molecule has 15 heavy (non-hydrogen) atoms. The number of amides is 1. The Morgan fingerprint density at radius 1 is 1.40 bits per heavy atom. The minimum Gasteiger partial charge on any atom is -0.389 e. The fourth-order valence-electron chi connectivity index (χ4n) is 1.000. The molecule has 1 amide bonds. The average molecular weight is 211 g/mol.